The number of rotatable bonds is 4. The second kappa shape index (κ2) is 6.24. The summed E-state index contributed by atoms with van der Waals surface area (Å²) in [5.74, 6) is 0.833. The van der Waals surface area contributed by atoms with Crippen molar-refractivity contribution < 1.29 is 4.79 Å². The highest BCUT2D eigenvalue weighted by atomic mass is 16.2. The van der Waals surface area contributed by atoms with Gasteiger partial charge < -0.3 is 11.1 Å². The zero-order chi connectivity index (χ0) is 12.1. The van der Waals surface area contributed by atoms with Crippen molar-refractivity contribution >= 4 is 5.91 Å². The van der Waals surface area contributed by atoms with Gasteiger partial charge in [-0.25, -0.2) is 0 Å². The van der Waals surface area contributed by atoms with Gasteiger partial charge in [0.2, 0.25) is 5.91 Å². The molecule has 16 heavy (non-hydrogen) atoms. The lowest BCUT2D eigenvalue weighted by Crippen LogP contribution is -2.47. The third kappa shape index (κ3) is 3.78. The van der Waals surface area contributed by atoms with Crippen molar-refractivity contribution in [1.82, 2.24) is 5.32 Å². The first-order chi connectivity index (χ1) is 7.54. The molecule has 4 unspecified atom stereocenters. The molecule has 1 aliphatic carbocycles. The molecule has 3 heteroatoms. The highest BCUT2D eigenvalue weighted by molar-refractivity contribution is 5.79. The van der Waals surface area contributed by atoms with Gasteiger partial charge in [0.25, 0.3) is 0 Å². The Balaban J connectivity index is 2.45. The predicted molar refractivity (Wildman–Crippen MR) is 67.0 cm³/mol. The van der Waals surface area contributed by atoms with Gasteiger partial charge in [0.1, 0.15) is 0 Å². The van der Waals surface area contributed by atoms with Crippen LogP contribution < -0.4 is 11.1 Å². The molecule has 0 aromatic rings. The quantitative estimate of drug-likeness (QED) is 0.771. The fourth-order valence-electron chi connectivity index (χ4n) is 2.56. The van der Waals surface area contributed by atoms with Crippen molar-refractivity contribution in [2.75, 3.05) is 0 Å². The number of nitrogens with one attached hydrogen (secondary N) is 1. The number of carbonyl (C=O) groups is 1. The smallest absolute Gasteiger partial charge is 0.224 e. The summed E-state index contributed by atoms with van der Waals surface area (Å²) in [5, 5.41) is 3.08. The molecular weight excluding hydrogens is 200 g/mol. The maximum absolute atomic E-state index is 12.0. The Bertz CT molecular complexity index is 230. The van der Waals surface area contributed by atoms with Gasteiger partial charge in [-0.2, -0.15) is 0 Å². The highest BCUT2D eigenvalue weighted by Crippen LogP contribution is 2.28. The molecule has 0 radical (unpaired) electrons. The molecule has 3 nitrogen and oxygen atoms in total. The Morgan fingerprint density at radius 2 is 2.19 bits per heavy atom. The molecule has 1 amide bonds. The third-order valence-corrected chi connectivity index (χ3v) is 3.61. The average Bonchev–Trinajstić information content (AvgIpc) is 2.21. The minimum absolute atomic E-state index is 0.0306. The van der Waals surface area contributed by atoms with Crippen LogP contribution in [0.4, 0.5) is 0 Å². The molecule has 0 spiro atoms. The van der Waals surface area contributed by atoms with E-state index in [-0.39, 0.29) is 23.9 Å². The van der Waals surface area contributed by atoms with E-state index in [0.29, 0.717) is 5.92 Å². The normalized spacial score (nSPS) is 32.1. The molecule has 3 N–H and O–H groups in total. The molecule has 0 aliphatic heterocycles. The lowest BCUT2D eigenvalue weighted by atomic mass is 9.78. The summed E-state index contributed by atoms with van der Waals surface area (Å²) in [4.78, 5) is 12.0. The van der Waals surface area contributed by atoms with Gasteiger partial charge >= 0.3 is 0 Å². The van der Waals surface area contributed by atoms with Crippen LogP contribution in [0.1, 0.15) is 52.9 Å². The van der Waals surface area contributed by atoms with Crippen molar-refractivity contribution in [2.45, 2.75) is 65.0 Å². The first kappa shape index (κ1) is 13.5. The van der Waals surface area contributed by atoms with Crippen LogP contribution in [0.15, 0.2) is 0 Å². The van der Waals surface area contributed by atoms with Crippen LogP contribution in [0.2, 0.25) is 0 Å². The van der Waals surface area contributed by atoms with Gasteiger partial charge in [0.15, 0.2) is 0 Å². The zero-order valence-corrected chi connectivity index (χ0v) is 10.8. The van der Waals surface area contributed by atoms with Gasteiger partial charge in [-0.15, -0.1) is 0 Å². The van der Waals surface area contributed by atoms with E-state index in [1.165, 1.54) is 0 Å². The average molecular weight is 226 g/mol. The summed E-state index contributed by atoms with van der Waals surface area (Å²) in [7, 11) is 0. The van der Waals surface area contributed by atoms with Crippen LogP contribution in [0.25, 0.3) is 0 Å². The van der Waals surface area contributed by atoms with Gasteiger partial charge in [-0.1, -0.05) is 20.3 Å². The molecular formula is C13H26N2O. The minimum Gasteiger partial charge on any atom is -0.353 e. The fraction of sp³-hybridized carbons (Fsp3) is 0.923. The maximum Gasteiger partial charge on any atom is 0.224 e. The highest BCUT2D eigenvalue weighted by Gasteiger charge is 2.31. The van der Waals surface area contributed by atoms with Gasteiger partial charge in [-0.3, -0.25) is 4.79 Å². The fourth-order valence-corrected chi connectivity index (χ4v) is 2.56. The lowest BCUT2D eigenvalue weighted by molar-refractivity contribution is -0.127. The summed E-state index contributed by atoms with van der Waals surface area (Å²) in [6.45, 7) is 6.41. The second-order valence-electron chi connectivity index (χ2n) is 5.39. The van der Waals surface area contributed by atoms with Crippen LogP contribution in [0, 0.1) is 11.8 Å². The summed E-state index contributed by atoms with van der Waals surface area (Å²) in [5.41, 5.74) is 6.03. The zero-order valence-electron chi connectivity index (χ0n) is 10.8. The summed E-state index contributed by atoms with van der Waals surface area (Å²) in [6.07, 6.45) is 5.25. The van der Waals surface area contributed by atoms with Gasteiger partial charge in [0, 0.05) is 12.1 Å². The molecule has 1 aliphatic rings. The van der Waals surface area contributed by atoms with E-state index >= 15 is 0 Å². The Morgan fingerprint density at radius 1 is 1.50 bits per heavy atom. The Hall–Kier alpha value is -0.570. The summed E-state index contributed by atoms with van der Waals surface area (Å²) >= 11 is 0. The Labute approximate surface area is 99.2 Å². The largest absolute Gasteiger partial charge is 0.353 e. The number of hydrogen-bond donors (Lipinski definition) is 2. The minimum atomic E-state index is 0.0306. The summed E-state index contributed by atoms with van der Waals surface area (Å²) in [6, 6.07) is 0.340. The SMILES string of the molecule is CCCC(C)NC(=O)C1CC(C)CCC1N. The van der Waals surface area contributed by atoms with Crippen molar-refractivity contribution in [1.29, 1.82) is 0 Å². The predicted octanol–water partition coefficient (Wildman–Crippen LogP) is 2.05. The van der Waals surface area contributed by atoms with E-state index in [9.17, 15) is 4.79 Å². The molecule has 1 saturated carbocycles. The molecule has 4 atom stereocenters. The maximum atomic E-state index is 12.0. The van der Waals surface area contributed by atoms with Crippen molar-refractivity contribution in [2.24, 2.45) is 17.6 Å². The molecule has 0 saturated heterocycles. The first-order valence-corrected chi connectivity index (χ1v) is 6.60. The lowest BCUT2D eigenvalue weighted by Gasteiger charge is -2.32. The van der Waals surface area contributed by atoms with E-state index in [2.05, 4.69) is 26.1 Å². The van der Waals surface area contributed by atoms with Crippen molar-refractivity contribution in [3.63, 3.8) is 0 Å². The summed E-state index contributed by atoms with van der Waals surface area (Å²) < 4.78 is 0. The van der Waals surface area contributed by atoms with Crippen LogP contribution in [-0.4, -0.2) is 18.0 Å². The molecule has 94 valence electrons. The molecule has 0 heterocycles. The van der Waals surface area contributed by atoms with Crippen molar-refractivity contribution in [3.05, 3.63) is 0 Å². The van der Waals surface area contributed by atoms with E-state index in [1.807, 2.05) is 0 Å². The number of hydrogen-bond acceptors (Lipinski definition) is 2. The number of amides is 1. The molecule has 0 aromatic carbocycles. The third-order valence-electron chi connectivity index (χ3n) is 3.61. The van der Waals surface area contributed by atoms with E-state index in [4.69, 9.17) is 5.73 Å². The standard InChI is InChI=1S/C13H26N2O/c1-4-5-10(3)15-13(16)11-8-9(2)6-7-12(11)14/h9-12H,4-8,14H2,1-3H3,(H,15,16). The monoisotopic (exact) mass is 226 g/mol. The first-order valence-electron chi connectivity index (χ1n) is 6.60. The van der Waals surface area contributed by atoms with E-state index in [1.54, 1.807) is 0 Å². The topological polar surface area (TPSA) is 55.1 Å². The van der Waals surface area contributed by atoms with Crippen LogP contribution in [0.3, 0.4) is 0 Å². The van der Waals surface area contributed by atoms with E-state index < -0.39 is 0 Å². The van der Waals surface area contributed by atoms with Crippen LogP contribution >= 0.6 is 0 Å². The Kier molecular flexibility index (Phi) is 5.26. The van der Waals surface area contributed by atoms with Gasteiger partial charge in [-0.05, 0) is 38.5 Å². The molecule has 1 fully saturated rings. The molecule has 1 rings (SSSR count). The van der Waals surface area contributed by atoms with E-state index in [0.717, 1.165) is 32.1 Å². The molecule has 0 aromatic heterocycles. The van der Waals surface area contributed by atoms with Crippen LogP contribution in [-0.2, 0) is 4.79 Å². The second-order valence-corrected chi connectivity index (χ2v) is 5.39. The van der Waals surface area contributed by atoms with Crippen molar-refractivity contribution in [3.8, 4) is 0 Å². The number of carbonyl (C=O) groups excluding carboxylic acids is 1. The van der Waals surface area contributed by atoms with Gasteiger partial charge in [0.05, 0.1) is 5.92 Å². The number of nitrogens with two attached hydrogens (primary N) is 1. The Morgan fingerprint density at radius 3 is 2.81 bits per heavy atom. The molecule has 0 bridgehead atoms. The van der Waals surface area contributed by atoms with Crippen LogP contribution in [0.5, 0.6) is 0 Å².